The minimum absolute atomic E-state index is 0.201. The third-order valence-corrected chi connectivity index (χ3v) is 2.47. The van der Waals surface area contributed by atoms with Crippen LogP contribution in [-0.2, 0) is 4.79 Å². The minimum atomic E-state index is -1.87. The van der Waals surface area contributed by atoms with Gasteiger partial charge >= 0.3 is 0 Å². The molecule has 1 rings (SSSR count). The molecule has 0 saturated carbocycles. The Morgan fingerprint density at radius 1 is 1.41 bits per heavy atom. The van der Waals surface area contributed by atoms with Gasteiger partial charge in [-0.05, 0) is 13.0 Å². The molecule has 1 unspecified atom stereocenters. The number of aldehydes is 1. The van der Waals surface area contributed by atoms with Crippen molar-refractivity contribution >= 4 is 12.1 Å². The zero-order valence-corrected chi connectivity index (χ0v) is 9.58. The predicted molar refractivity (Wildman–Crippen MR) is 60.0 cm³/mol. The van der Waals surface area contributed by atoms with Gasteiger partial charge in [-0.2, -0.15) is 0 Å². The van der Waals surface area contributed by atoms with E-state index in [1.807, 2.05) is 0 Å². The highest BCUT2D eigenvalue weighted by molar-refractivity contribution is 5.97. The van der Waals surface area contributed by atoms with E-state index in [0.29, 0.717) is 6.29 Å². The summed E-state index contributed by atoms with van der Waals surface area (Å²) in [5.74, 6) is -1.20. The van der Waals surface area contributed by atoms with Gasteiger partial charge in [0.2, 0.25) is 0 Å². The number of aliphatic hydroxyl groups excluding tert-OH is 1. The first-order chi connectivity index (χ1) is 8.02. The van der Waals surface area contributed by atoms with E-state index in [9.17, 15) is 9.59 Å². The molecule has 1 atom stereocenters. The van der Waals surface area contributed by atoms with Gasteiger partial charge in [-0.3, -0.25) is 4.79 Å². The van der Waals surface area contributed by atoms with Gasteiger partial charge in [0.15, 0.2) is 12.1 Å². The number of benzene rings is 1. The molecule has 0 aliphatic rings. The van der Waals surface area contributed by atoms with E-state index in [0.717, 1.165) is 0 Å². The predicted octanol–water partition coefficient (Wildman–Crippen LogP) is 0.491. The largest absolute Gasteiger partial charge is 0.496 e. The molecular formula is C12H14O5. The Hall–Kier alpha value is -1.72. The lowest BCUT2D eigenvalue weighted by molar-refractivity contribution is -0.120. The zero-order valence-electron chi connectivity index (χ0n) is 9.58. The second-order valence-corrected chi connectivity index (χ2v) is 3.55. The number of carbonyl (C=O) groups excluding carboxylic acids is 2. The van der Waals surface area contributed by atoms with Crippen LogP contribution in [0.15, 0.2) is 18.2 Å². The molecule has 0 saturated heterocycles. The highest BCUT2D eigenvalue weighted by Crippen LogP contribution is 2.31. The van der Waals surface area contributed by atoms with Crippen LogP contribution in [0.2, 0.25) is 0 Å². The van der Waals surface area contributed by atoms with Crippen LogP contribution in [0.25, 0.3) is 0 Å². The lowest BCUT2D eigenvalue weighted by Gasteiger charge is -2.18. The average molecular weight is 238 g/mol. The fourth-order valence-electron chi connectivity index (χ4n) is 1.66. The number of ketones is 1. The average Bonchev–Trinajstić information content (AvgIpc) is 2.29. The fraction of sp³-hybridized carbons (Fsp3) is 0.333. The van der Waals surface area contributed by atoms with E-state index in [1.165, 1.54) is 20.1 Å². The lowest BCUT2D eigenvalue weighted by Crippen LogP contribution is -2.21. The normalized spacial score (nSPS) is 12.3. The van der Waals surface area contributed by atoms with Crippen LogP contribution in [0, 0.1) is 0 Å². The number of carbonyl (C=O) groups is 2. The molecule has 5 heteroatoms. The van der Waals surface area contributed by atoms with Gasteiger partial charge < -0.3 is 19.7 Å². The van der Waals surface area contributed by atoms with Crippen LogP contribution in [0.4, 0.5) is 0 Å². The SMILES string of the molecule is COc1cccc(C(C)=O)c1C(C=O)C(O)O. The summed E-state index contributed by atoms with van der Waals surface area (Å²) in [4.78, 5) is 22.3. The molecule has 17 heavy (non-hydrogen) atoms. The monoisotopic (exact) mass is 238 g/mol. The van der Waals surface area contributed by atoms with E-state index in [-0.39, 0.29) is 22.7 Å². The van der Waals surface area contributed by atoms with Gasteiger partial charge in [-0.25, -0.2) is 0 Å². The summed E-state index contributed by atoms with van der Waals surface area (Å²) in [7, 11) is 1.38. The maximum absolute atomic E-state index is 11.4. The fourth-order valence-corrected chi connectivity index (χ4v) is 1.66. The second kappa shape index (κ2) is 5.56. The van der Waals surface area contributed by atoms with Crippen LogP contribution in [0.5, 0.6) is 5.75 Å². The molecule has 0 radical (unpaired) electrons. The van der Waals surface area contributed by atoms with Crippen LogP contribution in [0.3, 0.4) is 0 Å². The third-order valence-electron chi connectivity index (χ3n) is 2.47. The molecule has 0 aromatic heterocycles. The number of aliphatic hydroxyl groups is 2. The van der Waals surface area contributed by atoms with E-state index in [2.05, 4.69) is 0 Å². The van der Waals surface area contributed by atoms with Crippen molar-refractivity contribution in [2.75, 3.05) is 7.11 Å². The molecule has 0 aliphatic heterocycles. The van der Waals surface area contributed by atoms with E-state index >= 15 is 0 Å². The highest BCUT2D eigenvalue weighted by atomic mass is 16.5. The van der Waals surface area contributed by atoms with Crippen molar-refractivity contribution in [1.29, 1.82) is 0 Å². The van der Waals surface area contributed by atoms with Crippen molar-refractivity contribution in [2.45, 2.75) is 19.1 Å². The van der Waals surface area contributed by atoms with Gasteiger partial charge in [-0.1, -0.05) is 12.1 Å². The van der Waals surface area contributed by atoms with Gasteiger partial charge in [-0.15, -0.1) is 0 Å². The first kappa shape index (κ1) is 13.3. The minimum Gasteiger partial charge on any atom is -0.496 e. The molecular weight excluding hydrogens is 224 g/mol. The number of Topliss-reactive ketones (excluding diaryl/α,β-unsaturated/α-hetero) is 1. The molecule has 0 heterocycles. The van der Waals surface area contributed by atoms with E-state index in [4.69, 9.17) is 14.9 Å². The number of hydrogen-bond acceptors (Lipinski definition) is 5. The summed E-state index contributed by atoms with van der Waals surface area (Å²) < 4.78 is 5.04. The zero-order chi connectivity index (χ0) is 13.0. The summed E-state index contributed by atoms with van der Waals surface area (Å²) in [6.07, 6.45) is -1.49. The molecule has 0 spiro atoms. The first-order valence-corrected chi connectivity index (χ1v) is 5.02. The lowest BCUT2D eigenvalue weighted by atomic mass is 9.92. The molecule has 5 nitrogen and oxygen atoms in total. The molecule has 2 N–H and O–H groups in total. The van der Waals surface area contributed by atoms with Crippen molar-refractivity contribution in [1.82, 2.24) is 0 Å². The number of rotatable bonds is 5. The van der Waals surface area contributed by atoms with Crippen LogP contribution in [0.1, 0.15) is 28.8 Å². The number of ether oxygens (including phenoxy) is 1. The molecule has 92 valence electrons. The standard InChI is InChI=1S/C12H14O5/c1-7(14)8-4-3-5-10(17-2)11(8)9(6-13)12(15)16/h3-6,9,12,15-16H,1-2H3. The van der Waals surface area contributed by atoms with Crippen molar-refractivity contribution < 1.29 is 24.5 Å². The third kappa shape index (κ3) is 2.69. The van der Waals surface area contributed by atoms with Crippen molar-refractivity contribution in [3.05, 3.63) is 29.3 Å². The molecule has 0 bridgehead atoms. The maximum Gasteiger partial charge on any atom is 0.165 e. The number of hydrogen-bond donors (Lipinski definition) is 2. The maximum atomic E-state index is 11.4. The van der Waals surface area contributed by atoms with Crippen LogP contribution >= 0.6 is 0 Å². The number of methoxy groups -OCH3 is 1. The summed E-state index contributed by atoms with van der Waals surface area (Å²) in [5.41, 5.74) is 0.446. The second-order valence-electron chi connectivity index (χ2n) is 3.55. The van der Waals surface area contributed by atoms with Gasteiger partial charge in [0.05, 0.1) is 13.0 Å². The van der Waals surface area contributed by atoms with Crippen LogP contribution < -0.4 is 4.74 Å². The summed E-state index contributed by atoms with van der Waals surface area (Å²) in [5, 5.41) is 18.3. The molecule has 0 aliphatic carbocycles. The summed E-state index contributed by atoms with van der Waals surface area (Å²) in [6, 6.07) is 4.67. The Bertz CT molecular complexity index is 425. The van der Waals surface area contributed by atoms with Crippen LogP contribution in [-0.4, -0.2) is 35.7 Å². The molecule has 1 aromatic rings. The first-order valence-electron chi connectivity index (χ1n) is 5.02. The highest BCUT2D eigenvalue weighted by Gasteiger charge is 2.26. The molecule has 0 amide bonds. The smallest absolute Gasteiger partial charge is 0.165 e. The van der Waals surface area contributed by atoms with E-state index < -0.39 is 12.2 Å². The summed E-state index contributed by atoms with van der Waals surface area (Å²) >= 11 is 0. The Labute approximate surface area is 98.6 Å². The van der Waals surface area contributed by atoms with Gasteiger partial charge in [0.1, 0.15) is 12.0 Å². The Kier molecular flexibility index (Phi) is 4.37. The molecule has 0 fully saturated rings. The van der Waals surface area contributed by atoms with Crippen molar-refractivity contribution in [2.24, 2.45) is 0 Å². The van der Waals surface area contributed by atoms with Crippen molar-refractivity contribution in [3.8, 4) is 5.75 Å². The Morgan fingerprint density at radius 3 is 2.47 bits per heavy atom. The summed E-state index contributed by atoms with van der Waals surface area (Å²) in [6.45, 7) is 1.34. The quantitative estimate of drug-likeness (QED) is 0.443. The van der Waals surface area contributed by atoms with Crippen molar-refractivity contribution in [3.63, 3.8) is 0 Å². The Morgan fingerprint density at radius 2 is 2.06 bits per heavy atom. The molecule has 1 aromatic carbocycles. The van der Waals surface area contributed by atoms with E-state index in [1.54, 1.807) is 12.1 Å². The Balaban J connectivity index is 3.45. The van der Waals surface area contributed by atoms with Gasteiger partial charge in [0, 0.05) is 11.1 Å². The topological polar surface area (TPSA) is 83.8 Å². The van der Waals surface area contributed by atoms with Gasteiger partial charge in [0.25, 0.3) is 0 Å².